The number of rotatable bonds is 8. The van der Waals surface area contributed by atoms with Crippen LogP contribution in [0.15, 0.2) is 42.7 Å². The number of hydrogen-bond donors (Lipinski definition) is 2. The van der Waals surface area contributed by atoms with Crippen LogP contribution in [0.1, 0.15) is 25.8 Å². The van der Waals surface area contributed by atoms with Crippen LogP contribution in [0.5, 0.6) is 5.75 Å². The topological polar surface area (TPSA) is 68.2 Å². The summed E-state index contributed by atoms with van der Waals surface area (Å²) in [6.45, 7) is 4.63. The summed E-state index contributed by atoms with van der Waals surface area (Å²) in [7, 11) is 1.66. The van der Waals surface area contributed by atoms with Crippen molar-refractivity contribution in [3.63, 3.8) is 0 Å². The lowest BCUT2D eigenvalue weighted by atomic mass is 10.1. The SMILES string of the molecule is COc1ccc(CC[C@@H](C)NC(=O)N[C@@H](C)Cn2cccn2)cc1. The highest BCUT2D eigenvalue weighted by molar-refractivity contribution is 5.74. The van der Waals surface area contributed by atoms with Gasteiger partial charge >= 0.3 is 6.03 Å². The van der Waals surface area contributed by atoms with Gasteiger partial charge in [-0.3, -0.25) is 4.68 Å². The number of hydrogen-bond acceptors (Lipinski definition) is 3. The number of benzene rings is 1. The first kappa shape index (κ1) is 17.8. The fraction of sp³-hybridized carbons (Fsp3) is 0.444. The molecule has 2 N–H and O–H groups in total. The van der Waals surface area contributed by atoms with Crippen LogP contribution in [-0.4, -0.2) is 35.0 Å². The van der Waals surface area contributed by atoms with E-state index < -0.39 is 0 Å². The molecule has 0 bridgehead atoms. The van der Waals surface area contributed by atoms with E-state index in [1.54, 1.807) is 18.0 Å². The highest BCUT2D eigenvalue weighted by Gasteiger charge is 2.11. The smallest absolute Gasteiger partial charge is 0.315 e. The number of carbonyl (C=O) groups excluding carboxylic acids is 1. The maximum atomic E-state index is 12.0. The minimum Gasteiger partial charge on any atom is -0.497 e. The number of urea groups is 1. The second kappa shape index (κ2) is 8.96. The Morgan fingerprint density at radius 3 is 2.54 bits per heavy atom. The van der Waals surface area contributed by atoms with Crippen molar-refractivity contribution < 1.29 is 9.53 Å². The summed E-state index contributed by atoms with van der Waals surface area (Å²) in [4.78, 5) is 12.0. The zero-order valence-electron chi connectivity index (χ0n) is 14.5. The molecule has 0 aliphatic heterocycles. The number of amides is 2. The Balaban J connectivity index is 1.68. The van der Waals surface area contributed by atoms with E-state index >= 15 is 0 Å². The predicted octanol–water partition coefficient (Wildman–Crippen LogP) is 2.60. The summed E-state index contributed by atoms with van der Waals surface area (Å²) < 4.78 is 6.95. The summed E-state index contributed by atoms with van der Waals surface area (Å²) in [5, 5.41) is 10.0. The summed E-state index contributed by atoms with van der Waals surface area (Å²) in [5.41, 5.74) is 1.23. The van der Waals surface area contributed by atoms with Gasteiger partial charge < -0.3 is 15.4 Å². The zero-order chi connectivity index (χ0) is 17.4. The first-order valence-corrected chi connectivity index (χ1v) is 8.24. The molecule has 0 saturated heterocycles. The molecule has 0 spiro atoms. The van der Waals surface area contributed by atoms with Crippen molar-refractivity contribution in [1.82, 2.24) is 20.4 Å². The number of carbonyl (C=O) groups is 1. The molecule has 1 heterocycles. The minimum atomic E-state index is -0.142. The normalized spacial score (nSPS) is 13.1. The van der Waals surface area contributed by atoms with Gasteiger partial charge in [-0.05, 0) is 50.5 Å². The predicted molar refractivity (Wildman–Crippen MR) is 94.1 cm³/mol. The Labute approximate surface area is 143 Å². The number of aromatic nitrogens is 2. The monoisotopic (exact) mass is 330 g/mol. The molecule has 1 aromatic carbocycles. The Morgan fingerprint density at radius 2 is 1.92 bits per heavy atom. The lowest BCUT2D eigenvalue weighted by Crippen LogP contribution is -2.45. The van der Waals surface area contributed by atoms with E-state index in [-0.39, 0.29) is 18.1 Å². The quantitative estimate of drug-likeness (QED) is 0.782. The van der Waals surface area contributed by atoms with Crippen LogP contribution >= 0.6 is 0 Å². The molecule has 0 fully saturated rings. The van der Waals surface area contributed by atoms with Crippen molar-refractivity contribution >= 4 is 6.03 Å². The summed E-state index contributed by atoms with van der Waals surface area (Å²) in [5.74, 6) is 0.857. The van der Waals surface area contributed by atoms with Gasteiger partial charge in [0.25, 0.3) is 0 Å². The van der Waals surface area contributed by atoms with Crippen molar-refractivity contribution in [3.8, 4) is 5.75 Å². The van der Waals surface area contributed by atoms with Gasteiger partial charge in [0.05, 0.1) is 13.7 Å². The molecule has 0 aliphatic rings. The van der Waals surface area contributed by atoms with Gasteiger partial charge in [-0.25, -0.2) is 4.79 Å². The van der Waals surface area contributed by atoms with Gasteiger partial charge in [-0.1, -0.05) is 12.1 Å². The van der Waals surface area contributed by atoms with Crippen LogP contribution in [0.25, 0.3) is 0 Å². The van der Waals surface area contributed by atoms with Crippen LogP contribution in [-0.2, 0) is 13.0 Å². The van der Waals surface area contributed by atoms with E-state index in [1.807, 2.05) is 38.2 Å². The molecule has 1 aromatic heterocycles. The average Bonchev–Trinajstić information content (AvgIpc) is 3.06. The Kier molecular flexibility index (Phi) is 6.66. The van der Waals surface area contributed by atoms with Crippen molar-refractivity contribution in [3.05, 3.63) is 48.3 Å². The van der Waals surface area contributed by atoms with Crippen LogP contribution in [0.3, 0.4) is 0 Å². The van der Waals surface area contributed by atoms with E-state index in [9.17, 15) is 4.79 Å². The van der Waals surface area contributed by atoms with Gasteiger partial charge in [0.1, 0.15) is 5.75 Å². The van der Waals surface area contributed by atoms with E-state index in [2.05, 4.69) is 27.9 Å². The fourth-order valence-electron chi connectivity index (χ4n) is 2.47. The third kappa shape index (κ3) is 5.95. The maximum absolute atomic E-state index is 12.0. The van der Waals surface area contributed by atoms with Crippen molar-refractivity contribution in [2.24, 2.45) is 0 Å². The molecular weight excluding hydrogens is 304 g/mol. The van der Waals surface area contributed by atoms with Crippen LogP contribution in [0, 0.1) is 0 Å². The van der Waals surface area contributed by atoms with Gasteiger partial charge in [0, 0.05) is 24.5 Å². The standard InChI is InChI=1S/C18H26N4O2/c1-14(5-6-16-7-9-17(24-3)10-8-16)20-18(23)21-15(2)13-22-12-4-11-19-22/h4,7-12,14-15H,5-6,13H2,1-3H3,(H2,20,21,23)/t14-,15+/m1/s1. The summed E-state index contributed by atoms with van der Waals surface area (Å²) in [6, 6.07) is 9.86. The first-order chi connectivity index (χ1) is 11.6. The molecule has 2 rings (SSSR count). The number of nitrogens with zero attached hydrogens (tertiary/aromatic N) is 2. The third-order valence-corrected chi connectivity index (χ3v) is 3.80. The fourth-order valence-corrected chi connectivity index (χ4v) is 2.47. The van der Waals surface area contributed by atoms with Crippen LogP contribution in [0.4, 0.5) is 4.79 Å². The molecule has 0 aliphatic carbocycles. The Hall–Kier alpha value is -2.50. The van der Waals surface area contributed by atoms with Crippen molar-refractivity contribution in [2.75, 3.05) is 7.11 Å². The molecule has 2 aromatic rings. The number of methoxy groups -OCH3 is 1. The molecule has 2 amide bonds. The molecule has 130 valence electrons. The Morgan fingerprint density at radius 1 is 1.21 bits per heavy atom. The molecule has 24 heavy (non-hydrogen) atoms. The second-order valence-corrected chi connectivity index (χ2v) is 6.03. The Bertz CT molecular complexity index is 610. The number of aryl methyl sites for hydroxylation is 1. The zero-order valence-corrected chi connectivity index (χ0v) is 14.5. The van der Waals surface area contributed by atoms with Gasteiger partial charge in [-0.2, -0.15) is 5.10 Å². The molecular formula is C18H26N4O2. The minimum absolute atomic E-state index is 0.0127. The van der Waals surface area contributed by atoms with Crippen LogP contribution in [0.2, 0.25) is 0 Å². The molecule has 6 nitrogen and oxygen atoms in total. The summed E-state index contributed by atoms with van der Waals surface area (Å²) in [6.07, 6.45) is 5.41. The molecule has 2 atom stereocenters. The summed E-state index contributed by atoms with van der Waals surface area (Å²) >= 11 is 0. The van der Waals surface area contributed by atoms with E-state index in [0.717, 1.165) is 18.6 Å². The molecule has 0 saturated carbocycles. The van der Waals surface area contributed by atoms with Gasteiger partial charge in [-0.15, -0.1) is 0 Å². The van der Waals surface area contributed by atoms with E-state index in [4.69, 9.17) is 4.74 Å². The van der Waals surface area contributed by atoms with Crippen molar-refractivity contribution in [2.45, 2.75) is 45.3 Å². The van der Waals surface area contributed by atoms with E-state index in [0.29, 0.717) is 6.54 Å². The third-order valence-electron chi connectivity index (χ3n) is 3.80. The maximum Gasteiger partial charge on any atom is 0.315 e. The first-order valence-electron chi connectivity index (χ1n) is 8.24. The molecule has 6 heteroatoms. The number of nitrogens with one attached hydrogen (secondary N) is 2. The molecule has 0 unspecified atom stereocenters. The average molecular weight is 330 g/mol. The highest BCUT2D eigenvalue weighted by atomic mass is 16.5. The largest absolute Gasteiger partial charge is 0.497 e. The van der Waals surface area contributed by atoms with Gasteiger partial charge in [0.15, 0.2) is 0 Å². The van der Waals surface area contributed by atoms with Crippen molar-refractivity contribution in [1.29, 1.82) is 0 Å². The van der Waals surface area contributed by atoms with E-state index in [1.165, 1.54) is 5.56 Å². The highest BCUT2D eigenvalue weighted by Crippen LogP contribution is 2.13. The second-order valence-electron chi connectivity index (χ2n) is 6.03. The van der Waals surface area contributed by atoms with Crippen LogP contribution < -0.4 is 15.4 Å². The number of ether oxygens (including phenoxy) is 1. The van der Waals surface area contributed by atoms with Gasteiger partial charge in [0.2, 0.25) is 0 Å². The lowest BCUT2D eigenvalue weighted by molar-refractivity contribution is 0.232. The molecule has 0 radical (unpaired) electrons. The lowest BCUT2D eigenvalue weighted by Gasteiger charge is -2.18.